The fourth-order valence-electron chi connectivity index (χ4n) is 1.56. The molecule has 1 aliphatic rings. The molecule has 1 saturated carbocycles. The number of alkyl halides is 3. The first-order chi connectivity index (χ1) is 9.17. The summed E-state index contributed by atoms with van der Waals surface area (Å²) in [4.78, 5) is 33.3. The lowest BCUT2D eigenvalue weighted by atomic mass is 10.1. The standard InChI is InChI=1S/C11H15F3N2O4/c12-11(13,14)5-15-8(17)4-9(18)16-7(10(19)20)3-6-1-2-6/h6-7H,1-5H2,(H,15,17)(H,16,18)(H,19,20). The summed E-state index contributed by atoms with van der Waals surface area (Å²) in [5.74, 6) is -2.98. The van der Waals surface area contributed by atoms with Crippen molar-refractivity contribution >= 4 is 17.8 Å². The molecule has 0 bridgehead atoms. The van der Waals surface area contributed by atoms with Gasteiger partial charge < -0.3 is 15.7 Å². The van der Waals surface area contributed by atoms with Crippen molar-refractivity contribution in [3.8, 4) is 0 Å². The fourth-order valence-corrected chi connectivity index (χ4v) is 1.56. The highest BCUT2D eigenvalue weighted by atomic mass is 19.4. The van der Waals surface area contributed by atoms with E-state index >= 15 is 0 Å². The Kier molecular flexibility index (Phi) is 5.34. The average molecular weight is 296 g/mol. The zero-order valence-corrected chi connectivity index (χ0v) is 10.5. The lowest BCUT2D eigenvalue weighted by Gasteiger charge is -2.14. The minimum Gasteiger partial charge on any atom is -0.480 e. The quantitative estimate of drug-likeness (QED) is 0.593. The van der Waals surface area contributed by atoms with Gasteiger partial charge in [0.1, 0.15) is 19.0 Å². The number of carbonyl (C=O) groups excluding carboxylic acids is 2. The Morgan fingerprint density at radius 1 is 1.20 bits per heavy atom. The Morgan fingerprint density at radius 3 is 2.25 bits per heavy atom. The van der Waals surface area contributed by atoms with E-state index in [9.17, 15) is 27.6 Å². The summed E-state index contributed by atoms with van der Waals surface area (Å²) in [7, 11) is 0. The van der Waals surface area contributed by atoms with Crippen LogP contribution in [0.25, 0.3) is 0 Å². The lowest BCUT2D eigenvalue weighted by Crippen LogP contribution is -2.43. The first-order valence-corrected chi connectivity index (χ1v) is 6.03. The molecule has 0 aliphatic heterocycles. The highest BCUT2D eigenvalue weighted by Gasteiger charge is 2.31. The van der Waals surface area contributed by atoms with E-state index in [1.807, 2.05) is 0 Å². The molecule has 0 aromatic carbocycles. The van der Waals surface area contributed by atoms with Gasteiger partial charge in [-0.15, -0.1) is 0 Å². The third kappa shape index (κ3) is 6.95. The van der Waals surface area contributed by atoms with E-state index in [1.54, 1.807) is 0 Å². The first kappa shape index (κ1) is 16.3. The number of carbonyl (C=O) groups is 3. The topological polar surface area (TPSA) is 95.5 Å². The van der Waals surface area contributed by atoms with Crippen LogP contribution in [0.5, 0.6) is 0 Å². The average Bonchev–Trinajstić information content (AvgIpc) is 3.08. The van der Waals surface area contributed by atoms with E-state index < -0.39 is 43.0 Å². The zero-order chi connectivity index (χ0) is 15.3. The number of carboxylic acids is 1. The smallest absolute Gasteiger partial charge is 0.405 e. The number of nitrogens with one attached hydrogen (secondary N) is 2. The number of carboxylic acid groups (broad SMARTS) is 1. The Labute approximate surface area is 112 Å². The lowest BCUT2D eigenvalue weighted by molar-refractivity contribution is -0.144. The van der Waals surface area contributed by atoms with E-state index in [-0.39, 0.29) is 12.3 Å². The molecule has 1 aliphatic carbocycles. The molecule has 0 spiro atoms. The molecule has 1 fully saturated rings. The molecule has 1 rings (SSSR count). The van der Waals surface area contributed by atoms with Crippen LogP contribution in [0.2, 0.25) is 0 Å². The highest BCUT2D eigenvalue weighted by molar-refractivity contribution is 5.98. The molecule has 6 nitrogen and oxygen atoms in total. The number of hydrogen-bond donors (Lipinski definition) is 3. The molecule has 20 heavy (non-hydrogen) atoms. The maximum Gasteiger partial charge on any atom is 0.405 e. The van der Waals surface area contributed by atoms with Gasteiger partial charge in [-0.1, -0.05) is 12.8 Å². The first-order valence-electron chi connectivity index (χ1n) is 6.03. The van der Waals surface area contributed by atoms with Crippen molar-refractivity contribution in [2.24, 2.45) is 5.92 Å². The Balaban J connectivity index is 2.33. The molecule has 2 amide bonds. The van der Waals surface area contributed by atoms with E-state index in [2.05, 4.69) is 5.32 Å². The van der Waals surface area contributed by atoms with Crippen molar-refractivity contribution in [2.45, 2.75) is 37.9 Å². The van der Waals surface area contributed by atoms with E-state index in [1.165, 1.54) is 5.32 Å². The highest BCUT2D eigenvalue weighted by Crippen LogP contribution is 2.33. The number of hydrogen-bond acceptors (Lipinski definition) is 3. The van der Waals surface area contributed by atoms with Crippen molar-refractivity contribution in [3.63, 3.8) is 0 Å². The second-order valence-electron chi connectivity index (χ2n) is 4.71. The monoisotopic (exact) mass is 296 g/mol. The SMILES string of the molecule is O=C(CC(=O)NC(CC1CC1)C(=O)O)NCC(F)(F)F. The van der Waals surface area contributed by atoms with E-state index in [0.29, 0.717) is 0 Å². The number of aliphatic carboxylic acids is 1. The van der Waals surface area contributed by atoms with Crippen LogP contribution in [-0.4, -0.2) is 41.7 Å². The molecule has 0 heterocycles. The van der Waals surface area contributed by atoms with E-state index in [0.717, 1.165) is 12.8 Å². The molecule has 0 radical (unpaired) electrons. The van der Waals surface area contributed by atoms with Crippen molar-refractivity contribution < 1.29 is 32.7 Å². The fraction of sp³-hybridized carbons (Fsp3) is 0.727. The van der Waals surface area contributed by atoms with Gasteiger partial charge in [-0.3, -0.25) is 9.59 Å². The molecule has 1 atom stereocenters. The summed E-state index contributed by atoms with van der Waals surface area (Å²) in [5, 5.41) is 12.6. The van der Waals surface area contributed by atoms with Gasteiger partial charge in [-0.2, -0.15) is 13.2 Å². The Morgan fingerprint density at radius 2 is 1.80 bits per heavy atom. The van der Waals surface area contributed by atoms with Gasteiger partial charge in [-0.05, 0) is 12.3 Å². The second-order valence-corrected chi connectivity index (χ2v) is 4.71. The minimum absolute atomic E-state index is 0.246. The summed E-state index contributed by atoms with van der Waals surface area (Å²) < 4.78 is 35.5. The number of halogens is 3. The van der Waals surface area contributed by atoms with Gasteiger partial charge in [0.15, 0.2) is 0 Å². The molecule has 9 heteroatoms. The van der Waals surface area contributed by atoms with Crippen molar-refractivity contribution in [3.05, 3.63) is 0 Å². The van der Waals surface area contributed by atoms with Crippen LogP contribution in [-0.2, 0) is 14.4 Å². The van der Waals surface area contributed by atoms with Gasteiger partial charge in [0.05, 0.1) is 0 Å². The Hall–Kier alpha value is -1.80. The third-order valence-electron chi connectivity index (χ3n) is 2.71. The molecular weight excluding hydrogens is 281 g/mol. The number of rotatable bonds is 7. The van der Waals surface area contributed by atoms with Crippen molar-refractivity contribution in [1.82, 2.24) is 10.6 Å². The molecule has 0 aromatic rings. The van der Waals surface area contributed by atoms with Crippen LogP contribution in [0.4, 0.5) is 13.2 Å². The van der Waals surface area contributed by atoms with Crippen LogP contribution in [0.15, 0.2) is 0 Å². The molecule has 114 valence electrons. The van der Waals surface area contributed by atoms with Crippen molar-refractivity contribution in [1.29, 1.82) is 0 Å². The van der Waals surface area contributed by atoms with Gasteiger partial charge >= 0.3 is 12.1 Å². The maximum atomic E-state index is 11.8. The normalized spacial score (nSPS) is 16.4. The largest absolute Gasteiger partial charge is 0.480 e. The van der Waals surface area contributed by atoms with Crippen LogP contribution in [0.1, 0.15) is 25.7 Å². The van der Waals surface area contributed by atoms with Crippen LogP contribution < -0.4 is 10.6 Å². The van der Waals surface area contributed by atoms with Gasteiger partial charge in [0, 0.05) is 0 Å². The molecule has 3 N–H and O–H groups in total. The molecule has 1 unspecified atom stereocenters. The van der Waals surface area contributed by atoms with Gasteiger partial charge in [0.25, 0.3) is 0 Å². The predicted molar refractivity (Wildman–Crippen MR) is 60.6 cm³/mol. The Bertz CT molecular complexity index is 394. The maximum absolute atomic E-state index is 11.8. The number of amides is 2. The summed E-state index contributed by atoms with van der Waals surface area (Å²) >= 11 is 0. The minimum atomic E-state index is -4.55. The molecule has 0 saturated heterocycles. The summed E-state index contributed by atoms with van der Waals surface area (Å²) in [6.45, 7) is -1.52. The molecule has 0 aromatic heterocycles. The summed E-state index contributed by atoms with van der Waals surface area (Å²) in [5.41, 5.74) is 0. The van der Waals surface area contributed by atoms with Crippen molar-refractivity contribution in [2.75, 3.05) is 6.54 Å². The third-order valence-corrected chi connectivity index (χ3v) is 2.71. The van der Waals surface area contributed by atoms with Gasteiger partial charge in [0.2, 0.25) is 11.8 Å². The van der Waals surface area contributed by atoms with Crippen LogP contribution in [0, 0.1) is 5.92 Å². The van der Waals surface area contributed by atoms with Crippen LogP contribution >= 0.6 is 0 Å². The summed E-state index contributed by atoms with van der Waals surface area (Å²) in [6, 6.07) is -1.11. The second kappa shape index (κ2) is 6.58. The predicted octanol–water partition coefficient (Wildman–Crippen LogP) is 0.424. The van der Waals surface area contributed by atoms with Crippen LogP contribution in [0.3, 0.4) is 0 Å². The zero-order valence-electron chi connectivity index (χ0n) is 10.5. The summed E-state index contributed by atoms with van der Waals surface area (Å²) in [6.07, 6.45) is -3.32. The van der Waals surface area contributed by atoms with E-state index in [4.69, 9.17) is 5.11 Å². The van der Waals surface area contributed by atoms with Gasteiger partial charge in [-0.25, -0.2) is 4.79 Å². The molecular formula is C11H15F3N2O4.